The fourth-order valence-electron chi connectivity index (χ4n) is 3.34. The van der Waals surface area contributed by atoms with Gasteiger partial charge in [0.15, 0.2) is 0 Å². The van der Waals surface area contributed by atoms with Crippen LogP contribution in [0.15, 0.2) is 91.0 Å². The molecule has 0 spiro atoms. The number of rotatable bonds is 11. The SMILES string of the molecule is CC(O)N(CNCc1ccccc1)CN(Cc1ccccc1)Cc1ccccc1. The smallest absolute Gasteiger partial charge is 0.106 e. The highest BCUT2D eigenvalue weighted by molar-refractivity contribution is 5.17. The topological polar surface area (TPSA) is 38.7 Å². The van der Waals surface area contributed by atoms with Crippen molar-refractivity contribution in [3.63, 3.8) is 0 Å². The van der Waals surface area contributed by atoms with E-state index in [0.717, 1.165) is 19.6 Å². The Balaban J connectivity index is 1.63. The molecule has 2 N–H and O–H groups in total. The first-order valence-corrected chi connectivity index (χ1v) is 10.2. The molecule has 0 radical (unpaired) electrons. The molecule has 3 aromatic rings. The zero-order valence-corrected chi connectivity index (χ0v) is 17.1. The second kappa shape index (κ2) is 11.5. The summed E-state index contributed by atoms with van der Waals surface area (Å²) in [4.78, 5) is 4.41. The standard InChI is InChI=1S/C25H31N3O/c1-22(29)28(20-26-17-23-11-5-2-6-12-23)21-27(18-24-13-7-3-8-14-24)19-25-15-9-4-10-16-25/h2-16,22,26,29H,17-21H2,1H3. The third kappa shape index (κ3) is 7.44. The summed E-state index contributed by atoms with van der Waals surface area (Å²) in [6.07, 6.45) is -0.535. The molecule has 1 atom stereocenters. The van der Waals surface area contributed by atoms with Gasteiger partial charge in [0.1, 0.15) is 6.23 Å². The number of aliphatic hydroxyl groups is 1. The Kier molecular flexibility index (Phi) is 8.40. The molecule has 4 heteroatoms. The molecule has 29 heavy (non-hydrogen) atoms. The largest absolute Gasteiger partial charge is 0.379 e. The molecular weight excluding hydrogens is 358 g/mol. The van der Waals surface area contributed by atoms with Crippen LogP contribution in [-0.2, 0) is 19.6 Å². The molecule has 0 aliphatic rings. The third-order valence-electron chi connectivity index (χ3n) is 4.89. The molecule has 3 rings (SSSR count). The molecular formula is C25H31N3O. The lowest BCUT2D eigenvalue weighted by atomic mass is 10.2. The van der Waals surface area contributed by atoms with E-state index in [0.29, 0.717) is 13.3 Å². The van der Waals surface area contributed by atoms with Crippen LogP contribution in [0.2, 0.25) is 0 Å². The quantitative estimate of drug-likeness (QED) is 0.486. The maximum atomic E-state index is 10.3. The summed E-state index contributed by atoms with van der Waals surface area (Å²) >= 11 is 0. The highest BCUT2D eigenvalue weighted by Crippen LogP contribution is 2.12. The van der Waals surface area contributed by atoms with Crippen molar-refractivity contribution < 1.29 is 5.11 Å². The van der Waals surface area contributed by atoms with E-state index in [-0.39, 0.29) is 0 Å². The van der Waals surface area contributed by atoms with Gasteiger partial charge in [-0.25, -0.2) is 0 Å². The van der Waals surface area contributed by atoms with E-state index in [1.54, 1.807) is 0 Å². The average molecular weight is 390 g/mol. The van der Waals surface area contributed by atoms with Gasteiger partial charge in [0.25, 0.3) is 0 Å². The summed E-state index contributed by atoms with van der Waals surface area (Å²) in [5, 5.41) is 13.8. The van der Waals surface area contributed by atoms with E-state index in [9.17, 15) is 5.11 Å². The van der Waals surface area contributed by atoms with Crippen molar-refractivity contribution in [2.75, 3.05) is 13.3 Å². The Labute approximate surface area is 174 Å². The van der Waals surface area contributed by atoms with Crippen LogP contribution < -0.4 is 5.32 Å². The minimum Gasteiger partial charge on any atom is -0.379 e. The van der Waals surface area contributed by atoms with Crippen LogP contribution >= 0.6 is 0 Å². The van der Waals surface area contributed by atoms with Gasteiger partial charge in [-0.2, -0.15) is 0 Å². The summed E-state index contributed by atoms with van der Waals surface area (Å²) in [5.74, 6) is 0. The summed E-state index contributed by atoms with van der Waals surface area (Å²) in [7, 11) is 0. The van der Waals surface area contributed by atoms with Gasteiger partial charge in [0.05, 0.1) is 13.3 Å². The molecule has 0 amide bonds. The second-order valence-electron chi connectivity index (χ2n) is 7.39. The van der Waals surface area contributed by atoms with Gasteiger partial charge in [-0.3, -0.25) is 9.80 Å². The van der Waals surface area contributed by atoms with Crippen molar-refractivity contribution in [2.45, 2.75) is 32.8 Å². The van der Waals surface area contributed by atoms with Gasteiger partial charge in [-0.05, 0) is 23.6 Å². The molecule has 1 unspecified atom stereocenters. The first-order valence-electron chi connectivity index (χ1n) is 10.2. The molecule has 0 aromatic heterocycles. The lowest BCUT2D eigenvalue weighted by Gasteiger charge is -2.32. The van der Waals surface area contributed by atoms with Gasteiger partial charge >= 0.3 is 0 Å². The maximum Gasteiger partial charge on any atom is 0.106 e. The van der Waals surface area contributed by atoms with Crippen molar-refractivity contribution in [1.82, 2.24) is 15.1 Å². The van der Waals surface area contributed by atoms with Crippen molar-refractivity contribution in [3.05, 3.63) is 108 Å². The second-order valence-corrected chi connectivity index (χ2v) is 7.39. The van der Waals surface area contributed by atoms with Crippen molar-refractivity contribution in [1.29, 1.82) is 0 Å². The maximum absolute atomic E-state index is 10.3. The van der Waals surface area contributed by atoms with E-state index in [1.807, 2.05) is 37.3 Å². The summed E-state index contributed by atoms with van der Waals surface area (Å²) in [6.45, 7) is 5.56. The molecule has 0 fully saturated rings. The Morgan fingerprint density at radius 1 is 0.724 bits per heavy atom. The fraction of sp³-hybridized carbons (Fsp3) is 0.280. The Hall–Kier alpha value is -2.50. The van der Waals surface area contributed by atoms with Crippen LogP contribution in [-0.4, -0.2) is 34.5 Å². The predicted octanol–water partition coefficient (Wildman–Crippen LogP) is 4.03. The first kappa shape index (κ1) is 21.2. The normalized spacial score (nSPS) is 12.4. The number of benzene rings is 3. The van der Waals surface area contributed by atoms with Crippen LogP contribution in [0.3, 0.4) is 0 Å². The highest BCUT2D eigenvalue weighted by atomic mass is 16.3. The van der Waals surface area contributed by atoms with Crippen LogP contribution in [0.25, 0.3) is 0 Å². The zero-order chi connectivity index (χ0) is 20.3. The lowest BCUT2D eigenvalue weighted by molar-refractivity contribution is -0.0276. The predicted molar refractivity (Wildman–Crippen MR) is 119 cm³/mol. The molecule has 0 heterocycles. The van der Waals surface area contributed by atoms with Crippen molar-refractivity contribution in [2.24, 2.45) is 0 Å². The van der Waals surface area contributed by atoms with Crippen molar-refractivity contribution >= 4 is 0 Å². The molecule has 0 saturated carbocycles. The summed E-state index contributed by atoms with van der Waals surface area (Å²) < 4.78 is 0. The van der Waals surface area contributed by atoms with Gasteiger partial charge in [0, 0.05) is 19.6 Å². The number of nitrogens with zero attached hydrogens (tertiary/aromatic N) is 2. The lowest BCUT2D eigenvalue weighted by Crippen LogP contribution is -2.46. The molecule has 152 valence electrons. The van der Waals surface area contributed by atoms with E-state index >= 15 is 0 Å². The van der Waals surface area contributed by atoms with Gasteiger partial charge in [0.2, 0.25) is 0 Å². The minimum absolute atomic E-state index is 0.535. The molecule has 3 aromatic carbocycles. The van der Waals surface area contributed by atoms with E-state index < -0.39 is 6.23 Å². The van der Waals surface area contributed by atoms with Crippen molar-refractivity contribution in [3.8, 4) is 0 Å². The molecule has 4 nitrogen and oxygen atoms in total. The van der Waals surface area contributed by atoms with Gasteiger partial charge in [-0.15, -0.1) is 0 Å². The molecule has 0 aliphatic heterocycles. The van der Waals surface area contributed by atoms with Crippen LogP contribution in [0, 0.1) is 0 Å². The first-order chi connectivity index (χ1) is 14.2. The van der Waals surface area contributed by atoms with Crippen LogP contribution in [0.1, 0.15) is 23.6 Å². The zero-order valence-electron chi connectivity index (χ0n) is 17.1. The Morgan fingerprint density at radius 2 is 1.17 bits per heavy atom. The Morgan fingerprint density at radius 3 is 1.62 bits per heavy atom. The average Bonchev–Trinajstić information content (AvgIpc) is 2.75. The van der Waals surface area contributed by atoms with E-state index in [4.69, 9.17) is 0 Å². The van der Waals surface area contributed by atoms with E-state index in [2.05, 4.69) is 75.8 Å². The number of aliphatic hydroxyl groups excluding tert-OH is 1. The summed E-state index contributed by atoms with van der Waals surface area (Å²) in [6, 6.07) is 31.3. The number of nitrogens with one attached hydrogen (secondary N) is 1. The fourth-order valence-corrected chi connectivity index (χ4v) is 3.34. The van der Waals surface area contributed by atoms with Crippen LogP contribution in [0.4, 0.5) is 0 Å². The Bertz CT molecular complexity index is 768. The highest BCUT2D eigenvalue weighted by Gasteiger charge is 2.16. The van der Waals surface area contributed by atoms with E-state index in [1.165, 1.54) is 16.7 Å². The summed E-state index contributed by atoms with van der Waals surface area (Å²) in [5.41, 5.74) is 3.78. The van der Waals surface area contributed by atoms with Crippen LogP contribution in [0.5, 0.6) is 0 Å². The number of hydrogen-bond acceptors (Lipinski definition) is 4. The molecule has 0 aliphatic carbocycles. The van der Waals surface area contributed by atoms with Gasteiger partial charge < -0.3 is 10.4 Å². The monoisotopic (exact) mass is 389 g/mol. The molecule has 0 saturated heterocycles. The minimum atomic E-state index is -0.535. The van der Waals surface area contributed by atoms with Gasteiger partial charge in [-0.1, -0.05) is 91.0 Å². The number of hydrogen-bond donors (Lipinski definition) is 2. The third-order valence-corrected chi connectivity index (χ3v) is 4.89. The molecule has 0 bridgehead atoms.